The third-order valence-corrected chi connectivity index (χ3v) is 3.83. The highest BCUT2D eigenvalue weighted by molar-refractivity contribution is 7.99. The molecular weight excluding hydrogens is 302 g/mol. The third-order valence-electron chi connectivity index (χ3n) is 2.89. The van der Waals surface area contributed by atoms with Gasteiger partial charge >= 0.3 is 0 Å². The van der Waals surface area contributed by atoms with Crippen LogP contribution in [0, 0.1) is 10.1 Å². The molecule has 1 aliphatic heterocycles. The van der Waals surface area contributed by atoms with Crippen molar-refractivity contribution in [3.05, 3.63) is 39.9 Å². The lowest BCUT2D eigenvalue weighted by Gasteiger charge is -2.10. The second-order valence-electron chi connectivity index (χ2n) is 4.24. The van der Waals surface area contributed by atoms with E-state index in [0.29, 0.717) is 13.0 Å². The molecule has 1 saturated heterocycles. The fourth-order valence-corrected chi connectivity index (χ4v) is 2.74. The van der Waals surface area contributed by atoms with Gasteiger partial charge in [-0.3, -0.25) is 20.2 Å². The summed E-state index contributed by atoms with van der Waals surface area (Å²) in [7, 11) is 0. The van der Waals surface area contributed by atoms with Crippen molar-refractivity contribution in [2.24, 2.45) is 0 Å². The van der Waals surface area contributed by atoms with Crippen molar-refractivity contribution >= 4 is 35.8 Å². The van der Waals surface area contributed by atoms with E-state index in [1.165, 1.54) is 12.1 Å². The van der Waals surface area contributed by atoms with E-state index >= 15 is 0 Å². The number of amides is 1. The van der Waals surface area contributed by atoms with Gasteiger partial charge in [0.05, 0.1) is 11.0 Å². The summed E-state index contributed by atoms with van der Waals surface area (Å²) in [5, 5.41) is 16.5. The number of hydrogen-bond donors (Lipinski definition) is 2. The van der Waals surface area contributed by atoms with Crippen LogP contribution in [0.1, 0.15) is 5.56 Å². The summed E-state index contributed by atoms with van der Waals surface area (Å²) in [6.45, 7) is 0.541. The zero-order chi connectivity index (χ0) is 13.7. The monoisotopic (exact) mass is 317 g/mol. The van der Waals surface area contributed by atoms with Gasteiger partial charge in [-0.25, -0.2) is 0 Å². The fraction of sp³-hybridized carbons (Fsp3) is 0.417. The first-order valence-corrected chi connectivity index (χ1v) is 7.14. The standard InChI is InChI=1S/C12H15N3O3S.ClH/c16-12(11-7-19-8-14-11)13-6-5-9-1-3-10(4-2-9)15(17)18;/h1-4,11,14H,5-8H2,(H,13,16);1H. The van der Waals surface area contributed by atoms with Gasteiger partial charge in [0.25, 0.3) is 5.69 Å². The Balaban J connectivity index is 0.00000200. The first-order chi connectivity index (χ1) is 9.16. The molecule has 0 aliphatic carbocycles. The minimum absolute atomic E-state index is 0. The molecule has 20 heavy (non-hydrogen) atoms. The minimum atomic E-state index is -0.422. The van der Waals surface area contributed by atoms with Crippen LogP contribution in [0.4, 0.5) is 5.69 Å². The Kier molecular flexibility index (Phi) is 6.77. The van der Waals surface area contributed by atoms with E-state index in [1.54, 1.807) is 23.9 Å². The van der Waals surface area contributed by atoms with Crippen LogP contribution < -0.4 is 10.6 Å². The van der Waals surface area contributed by atoms with E-state index in [2.05, 4.69) is 10.6 Å². The number of nitro groups is 1. The van der Waals surface area contributed by atoms with Gasteiger partial charge in [0.1, 0.15) is 0 Å². The maximum absolute atomic E-state index is 11.7. The van der Waals surface area contributed by atoms with E-state index in [9.17, 15) is 14.9 Å². The SMILES string of the molecule is Cl.O=C(NCCc1ccc([N+](=O)[O-])cc1)C1CSCN1. The quantitative estimate of drug-likeness (QED) is 0.632. The van der Waals surface area contributed by atoms with E-state index < -0.39 is 4.92 Å². The molecule has 1 heterocycles. The average Bonchev–Trinajstić information content (AvgIpc) is 2.93. The Labute approximate surface area is 127 Å². The van der Waals surface area contributed by atoms with Crippen LogP contribution in [0.25, 0.3) is 0 Å². The molecule has 0 spiro atoms. The number of carbonyl (C=O) groups is 1. The zero-order valence-corrected chi connectivity index (χ0v) is 12.3. The topological polar surface area (TPSA) is 84.3 Å². The number of nitrogens with one attached hydrogen (secondary N) is 2. The highest BCUT2D eigenvalue weighted by Crippen LogP contribution is 2.12. The Morgan fingerprint density at radius 3 is 2.70 bits per heavy atom. The van der Waals surface area contributed by atoms with Gasteiger partial charge in [-0.05, 0) is 12.0 Å². The predicted molar refractivity (Wildman–Crippen MR) is 81.3 cm³/mol. The van der Waals surface area contributed by atoms with Crippen molar-refractivity contribution in [2.75, 3.05) is 18.2 Å². The van der Waals surface area contributed by atoms with E-state index in [4.69, 9.17) is 0 Å². The fourth-order valence-electron chi connectivity index (χ4n) is 1.80. The Morgan fingerprint density at radius 2 is 2.15 bits per heavy atom. The van der Waals surface area contributed by atoms with Crippen LogP contribution in [0.5, 0.6) is 0 Å². The normalized spacial score (nSPS) is 17.3. The molecule has 1 fully saturated rings. The van der Waals surface area contributed by atoms with Gasteiger partial charge in [-0.15, -0.1) is 24.2 Å². The second kappa shape index (κ2) is 8.08. The largest absolute Gasteiger partial charge is 0.354 e. The van der Waals surface area contributed by atoms with Crippen molar-refractivity contribution in [2.45, 2.75) is 12.5 Å². The molecular formula is C12H16ClN3O3S. The van der Waals surface area contributed by atoms with Crippen molar-refractivity contribution in [3.8, 4) is 0 Å². The Bertz CT molecular complexity index is 464. The minimum Gasteiger partial charge on any atom is -0.354 e. The molecule has 1 aromatic rings. The van der Waals surface area contributed by atoms with Crippen LogP contribution in [0.2, 0.25) is 0 Å². The van der Waals surface area contributed by atoms with Crippen LogP contribution in [0.15, 0.2) is 24.3 Å². The molecule has 1 aromatic carbocycles. The third kappa shape index (κ3) is 4.66. The number of nitro benzene ring substituents is 1. The van der Waals surface area contributed by atoms with Gasteiger partial charge in [-0.1, -0.05) is 12.1 Å². The summed E-state index contributed by atoms with van der Waals surface area (Å²) >= 11 is 1.71. The second-order valence-corrected chi connectivity index (χ2v) is 5.27. The number of carbonyl (C=O) groups excluding carboxylic acids is 1. The number of hydrogen-bond acceptors (Lipinski definition) is 5. The molecule has 1 amide bonds. The first kappa shape index (κ1) is 16.7. The number of benzene rings is 1. The van der Waals surface area contributed by atoms with E-state index in [-0.39, 0.29) is 30.0 Å². The number of non-ortho nitro benzene ring substituents is 1. The van der Waals surface area contributed by atoms with Crippen LogP contribution in [0.3, 0.4) is 0 Å². The maximum atomic E-state index is 11.7. The smallest absolute Gasteiger partial charge is 0.269 e. The van der Waals surface area contributed by atoms with Crippen molar-refractivity contribution < 1.29 is 9.72 Å². The molecule has 1 aliphatic rings. The van der Waals surface area contributed by atoms with Gasteiger partial charge in [-0.2, -0.15) is 0 Å². The summed E-state index contributed by atoms with van der Waals surface area (Å²) in [6, 6.07) is 6.29. The van der Waals surface area contributed by atoms with E-state index in [0.717, 1.165) is 17.2 Å². The lowest BCUT2D eigenvalue weighted by Crippen LogP contribution is -2.42. The number of nitrogens with zero attached hydrogens (tertiary/aromatic N) is 1. The molecule has 110 valence electrons. The molecule has 0 aromatic heterocycles. The summed E-state index contributed by atoms with van der Waals surface area (Å²) in [5.74, 6) is 1.65. The molecule has 1 unspecified atom stereocenters. The van der Waals surface area contributed by atoms with Crippen LogP contribution in [-0.4, -0.2) is 35.0 Å². The Hall–Kier alpha value is -1.31. The van der Waals surface area contributed by atoms with Crippen molar-refractivity contribution in [1.29, 1.82) is 0 Å². The molecule has 6 nitrogen and oxygen atoms in total. The summed E-state index contributed by atoms with van der Waals surface area (Å²) < 4.78 is 0. The molecule has 1 atom stereocenters. The Morgan fingerprint density at radius 1 is 1.45 bits per heavy atom. The van der Waals surface area contributed by atoms with E-state index in [1.807, 2.05) is 0 Å². The number of rotatable bonds is 5. The average molecular weight is 318 g/mol. The number of halogens is 1. The molecule has 0 bridgehead atoms. The van der Waals surface area contributed by atoms with Gasteiger partial charge in [0.2, 0.25) is 5.91 Å². The van der Waals surface area contributed by atoms with Crippen molar-refractivity contribution in [3.63, 3.8) is 0 Å². The molecule has 0 saturated carbocycles. The molecule has 0 radical (unpaired) electrons. The lowest BCUT2D eigenvalue weighted by atomic mass is 10.1. The first-order valence-electron chi connectivity index (χ1n) is 5.99. The van der Waals surface area contributed by atoms with Crippen LogP contribution >= 0.6 is 24.2 Å². The summed E-state index contributed by atoms with van der Waals surface area (Å²) in [4.78, 5) is 21.8. The van der Waals surface area contributed by atoms with Gasteiger partial charge < -0.3 is 5.32 Å². The number of thioether (sulfide) groups is 1. The summed E-state index contributed by atoms with van der Waals surface area (Å²) in [6.07, 6.45) is 0.670. The highest BCUT2D eigenvalue weighted by Gasteiger charge is 2.21. The van der Waals surface area contributed by atoms with Crippen LogP contribution in [-0.2, 0) is 11.2 Å². The molecule has 8 heteroatoms. The molecule has 2 N–H and O–H groups in total. The zero-order valence-electron chi connectivity index (χ0n) is 10.7. The lowest BCUT2D eigenvalue weighted by molar-refractivity contribution is -0.384. The van der Waals surface area contributed by atoms with Gasteiger partial charge in [0, 0.05) is 30.3 Å². The predicted octanol–water partition coefficient (Wildman–Crippen LogP) is 1.34. The highest BCUT2D eigenvalue weighted by atomic mass is 35.5. The summed E-state index contributed by atoms with van der Waals surface area (Å²) in [5.41, 5.74) is 1.06. The molecule has 2 rings (SSSR count). The maximum Gasteiger partial charge on any atom is 0.269 e. The van der Waals surface area contributed by atoms with Crippen molar-refractivity contribution in [1.82, 2.24) is 10.6 Å². The van der Waals surface area contributed by atoms with Gasteiger partial charge in [0.15, 0.2) is 0 Å².